The fourth-order valence-electron chi connectivity index (χ4n) is 1.97. The Kier molecular flexibility index (Phi) is 2.23. The highest BCUT2D eigenvalue weighted by atomic mass is 35.5. The summed E-state index contributed by atoms with van der Waals surface area (Å²) < 4.78 is 1.80. The molecule has 0 spiro atoms. The summed E-state index contributed by atoms with van der Waals surface area (Å²) in [5.74, 6) is 0. The van der Waals surface area contributed by atoms with E-state index in [1.165, 1.54) is 5.56 Å². The lowest BCUT2D eigenvalue weighted by Crippen LogP contribution is -2.12. The summed E-state index contributed by atoms with van der Waals surface area (Å²) in [6, 6.07) is 0. The molecule has 3 nitrogen and oxygen atoms in total. The standard InChI is InChI=1S/C11H14ClN3/c1-7-8(11(2,3)4)9-10(12)13-5-6-15(9)14-7/h5-6H,1-4H3. The number of hydrogen-bond donors (Lipinski definition) is 0. The van der Waals surface area contributed by atoms with Crippen LogP contribution in [-0.4, -0.2) is 14.6 Å². The third-order valence-corrected chi connectivity index (χ3v) is 2.70. The van der Waals surface area contributed by atoms with Gasteiger partial charge in [0.05, 0.1) is 5.69 Å². The maximum absolute atomic E-state index is 6.11. The lowest BCUT2D eigenvalue weighted by molar-refractivity contribution is 0.591. The summed E-state index contributed by atoms with van der Waals surface area (Å²) in [5, 5.41) is 4.95. The molecule has 0 saturated heterocycles. The molecule has 0 aliphatic rings. The molecule has 0 amide bonds. The van der Waals surface area contributed by atoms with E-state index in [2.05, 4.69) is 30.9 Å². The number of rotatable bonds is 0. The Morgan fingerprint density at radius 3 is 2.60 bits per heavy atom. The van der Waals surface area contributed by atoms with E-state index in [9.17, 15) is 0 Å². The van der Waals surface area contributed by atoms with Gasteiger partial charge < -0.3 is 0 Å². The van der Waals surface area contributed by atoms with Gasteiger partial charge in [-0.25, -0.2) is 9.50 Å². The van der Waals surface area contributed by atoms with Crippen LogP contribution < -0.4 is 0 Å². The highest BCUT2D eigenvalue weighted by Gasteiger charge is 2.24. The zero-order valence-electron chi connectivity index (χ0n) is 9.37. The average molecular weight is 224 g/mol. The van der Waals surface area contributed by atoms with Crippen LogP contribution in [0.1, 0.15) is 32.0 Å². The molecule has 0 aromatic carbocycles. The van der Waals surface area contributed by atoms with Crippen LogP contribution in [0, 0.1) is 6.92 Å². The fourth-order valence-corrected chi connectivity index (χ4v) is 2.21. The number of fused-ring (bicyclic) bond motifs is 1. The second kappa shape index (κ2) is 3.20. The van der Waals surface area contributed by atoms with Gasteiger partial charge in [0.2, 0.25) is 0 Å². The zero-order valence-corrected chi connectivity index (χ0v) is 10.1. The molecule has 0 unspecified atom stereocenters. The number of hydrogen-bond acceptors (Lipinski definition) is 2. The van der Waals surface area contributed by atoms with Crippen LogP contribution >= 0.6 is 11.6 Å². The van der Waals surface area contributed by atoms with Gasteiger partial charge >= 0.3 is 0 Å². The molecule has 80 valence electrons. The van der Waals surface area contributed by atoms with Crippen LogP contribution in [0.2, 0.25) is 5.15 Å². The summed E-state index contributed by atoms with van der Waals surface area (Å²) in [6.45, 7) is 8.46. The van der Waals surface area contributed by atoms with E-state index in [0.717, 1.165) is 11.2 Å². The molecule has 0 radical (unpaired) electrons. The summed E-state index contributed by atoms with van der Waals surface area (Å²) in [4.78, 5) is 4.10. The molecule has 0 N–H and O–H groups in total. The van der Waals surface area contributed by atoms with E-state index in [-0.39, 0.29) is 5.41 Å². The minimum atomic E-state index is 0.0263. The second-order valence-electron chi connectivity index (χ2n) is 4.72. The molecule has 2 aromatic rings. The van der Waals surface area contributed by atoms with E-state index >= 15 is 0 Å². The van der Waals surface area contributed by atoms with E-state index in [1.54, 1.807) is 10.7 Å². The minimum absolute atomic E-state index is 0.0263. The minimum Gasteiger partial charge on any atom is -0.241 e. The van der Waals surface area contributed by atoms with Gasteiger partial charge in [0, 0.05) is 18.0 Å². The van der Waals surface area contributed by atoms with Gasteiger partial charge in [-0.15, -0.1) is 0 Å². The maximum Gasteiger partial charge on any atom is 0.155 e. The van der Waals surface area contributed by atoms with Crippen molar-refractivity contribution in [3.8, 4) is 0 Å². The Bertz CT molecular complexity index is 508. The normalized spacial score (nSPS) is 12.3. The number of aryl methyl sites for hydroxylation is 1. The molecular formula is C11H14ClN3. The van der Waals surface area contributed by atoms with Crippen molar-refractivity contribution < 1.29 is 0 Å². The summed E-state index contributed by atoms with van der Waals surface area (Å²) in [6.07, 6.45) is 3.48. The first kappa shape index (κ1) is 10.4. The van der Waals surface area contributed by atoms with E-state index in [1.807, 2.05) is 13.1 Å². The van der Waals surface area contributed by atoms with Crippen molar-refractivity contribution in [3.63, 3.8) is 0 Å². The molecule has 0 saturated carbocycles. The Balaban J connectivity index is 2.89. The molecule has 2 rings (SSSR count). The van der Waals surface area contributed by atoms with Crippen LogP contribution in [0.4, 0.5) is 0 Å². The topological polar surface area (TPSA) is 30.2 Å². The predicted molar refractivity (Wildman–Crippen MR) is 61.4 cm³/mol. The lowest BCUT2D eigenvalue weighted by Gasteiger charge is -2.18. The third-order valence-electron chi connectivity index (χ3n) is 2.43. The fraction of sp³-hybridized carbons (Fsp3) is 0.455. The summed E-state index contributed by atoms with van der Waals surface area (Å²) >= 11 is 6.11. The van der Waals surface area contributed by atoms with Gasteiger partial charge in [-0.1, -0.05) is 32.4 Å². The maximum atomic E-state index is 6.11. The van der Waals surface area contributed by atoms with Crippen LogP contribution in [0.15, 0.2) is 12.4 Å². The average Bonchev–Trinajstić information content (AvgIpc) is 2.41. The van der Waals surface area contributed by atoms with Crippen molar-refractivity contribution in [2.45, 2.75) is 33.1 Å². The monoisotopic (exact) mass is 223 g/mol. The van der Waals surface area contributed by atoms with E-state index in [0.29, 0.717) is 5.15 Å². The van der Waals surface area contributed by atoms with E-state index in [4.69, 9.17) is 11.6 Å². The predicted octanol–water partition coefficient (Wildman–Crippen LogP) is 2.99. The lowest BCUT2D eigenvalue weighted by atomic mass is 9.86. The highest BCUT2D eigenvalue weighted by Crippen LogP contribution is 2.32. The Morgan fingerprint density at radius 2 is 2.00 bits per heavy atom. The first-order valence-corrected chi connectivity index (χ1v) is 5.29. The van der Waals surface area contributed by atoms with Crippen molar-refractivity contribution in [2.24, 2.45) is 0 Å². The van der Waals surface area contributed by atoms with Crippen molar-refractivity contribution in [1.82, 2.24) is 14.6 Å². The van der Waals surface area contributed by atoms with Crippen molar-refractivity contribution >= 4 is 17.1 Å². The SMILES string of the molecule is Cc1nn2ccnc(Cl)c2c1C(C)(C)C. The quantitative estimate of drug-likeness (QED) is 0.687. The van der Waals surface area contributed by atoms with E-state index < -0.39 is 0 Å². The van der Waals surface area contributed by atoms with Crippen LogP contribution in [0.5, 0.6) is 0 Å². The highest BCUT2D eigenvalue weighted by molar-refractivity contribution is 6.32. The molecule has 0 bridgehead atoms. The molecule has 2 aromatic heterocycles. The molecule has 2 heterocycles. The van der Waals surface area contributed by atoms with Crippen molar-refractivity contribution in [2.75, 3.05) is 0 Å². The second-order valence-corrected chi connectivity index (χ2v) is 5.08. The van der Waals surface area contributed by atoms with Crippen LogP contribution in [-0.2, 0) is 5.41 Å². The molecular weight excluding hydrogens is 210 g/mol. The van der Waals surface area contributed by atoms with Crippen molar-refractivity contribution in [1.29, 1.82) is 0 Å². The van der Waals surface area contributed by atoms with Gasteiger partial charge in [-0.2, -0.15) is 5.10 Å². The van der Waals surface area contributed by atoms with Gasteiger partial charge in [0.25, 0.3) is 0 Å². The van der Waals surface area contributed by atoms with Gasteiger partial charge in [0.15, 0.2) is 5.15 Å². The molecule has 0 aliphatic heterocycles. The van der Waals surface area contributed by atoms with Crippen LogP contribution in [0.25, 0.3) is 5.52 Å². The zero-order chi connectivity index (χ0) is 11.2. The summed E-state index contributed by atoms with van der Waals surface area (Å²) in [5.41, 5.74) is 3.13. The molecule has 15 heavy (non-hydrogen) atoms. The number of nitrogens with zero attached hydrogens (tertiary/aromatic N) is 3. The molecule has 0 aliphatic carbocycles. The van der Waals surface area contributed by atoms with Crippen LogP contribution in [0.3, 0.4) is 0 Å². The Morgan fingerprint density at radius 1 is 1.33 bits per heavy atom. The number of halogens is 1. The summed E-state index contributed by atoms with van der Waals surface area (Å²) in [7, 11) is 0. The Labute approximate surface area is 94.1 Å². The molecule has 0 atom stereocenters. The molecule has 0 fully saturated rings. The Hall–Kier alpha value is -1.09. The smallest absolute Gasteiger partial charge is 0.155 e. The van der Waals surface area contributed by atoms with Gasteiger partial charge in [0.1, 0.15) is 5.52 Å². The van der Waals surface area contributed by atoms with Gasteiger partial charge in [-0.05, 0) is 12.3 Å². The number of aromatic nitrogens is 3. The van der Waals surface area contributed by atoms with Gasteiger partial charge in [-0.3, -0.25) is 0 Å². The first-order valence-electron chi connectivity index (χ1n) is 4.91. The third kappa shape index (κ3) is 1.61. The largest absolute Gasteiger partial charge is 0.241 e. The molecule has 4 heteroatoms. The van der Waals surface area contributed by atoms with Crippen molar-refractivity contribution in [3.05, 3.63) is 28.8 Å². The first-order chi connectivity index (χ1) is 6.91.